The summed E-state index contributed by atoms with van der Waals surface area (Å²) in [5.41, 5.74) is 0. The van der Waals surface area contributed by atoms with Crippen molar-refractivity contribution < 1.29 is 8.42 Å². The van der Waals surface area contributed by atoms with Crippen molar-refractivity contribution in [2.75, 3.05) is 12.3 Å². The summed E-state index contributed by atoms with van der Waals surface area (Å²) in [6.45, 7) is 1.35. The van der Waals surface area contributed by atoms with Gasteiger partial charge in [-0.25, -0.2) is 13.1 Å². The summed E-state index contributed by atoms with van der Waals surface area (Å²) < 4.78 is 26.1. The van der Waals surface area contributed by atoms with Crippen molar-refractivity contribution in [2.45, 2.75) is 38.3 Å². The first-order valence-electron chi connectivity index (χ1n) is 6.39. The molecule has 1 saturated carbocycles. The highest BCUT2D eigenvalue weighted by Crippen LogP contribution is 2.18. The second-order valence-corrected chi connectivity index (χ2v) is 7.61. The molecule has 0 radical (unpaired) electrons. The molecule has 4 nitrogen and oxygen atoms in total. The van der Waals surface area contributed by atoms with E-state index in [1.54, 1.807) is 11.3 Å². The topological polar surface area (TPSA) is 58.2 Å². The molecule has 2 N–H and O–H groups in total. The molecule has 1 aromatic rings. The van der Waals surface area contributed by atoms with Gasteiger partial charge < -0.3 is 5.32 Å². The molecule has 0 unspecified atom stereocenters. The third-order valence-electron chi connectivity index (χ3n) is 2.90. The maximum atomic E-state index is 11.7. The van der Waals surface area contributed by atoms with Crippen LogP contribution in [0.3, 0.4) is 0 Å². The first-order valence-corrected chi connectivity index (χ1v) is 8.92. The third-order valence-corrected chi connectivity index (χ3v) is 5.18. The van der Waals surface area contributed by atoms with Gasteiger partial charge in [0.15, 0.2) is 0 Å². The molecule has 0 saturated heterocycles. The minimum absolute atomic E-state index is 0.227. The lowest BCUT2D eigenvalue weighted by Crippen LogP contribution is -2.26. The van der Waals surface area contributed by atoms with E-state index in [-0.39, 0.29) is 5.75 Å². The van der Waals surface area contributed by atoms with Crippen LogP contribution in [-0.4, -0.2) is 26.8 Å². The molecule has 1 aliphatic rings. The van der Waals surface area contributed by atoms with Gasteiger partial charge in [-0.2, -0.15) is 0 Å². The molecule has 1 aromatic heterocycles. The fraction of sp³-hybridized carbons (Fsp3) is 0.667. The van der Waals surface area contributed by atoms with Crippen molar-refractivity contribution in [1.82, 2.24) is 10.0 Å². The predicted molar refractivity (Wildman–Crippen MR) is 75.2 cm³/mol. The van der Waals surface area contributed by atoms with Crippen LogP contribution in [-0.2, 0) is 16.6 Å². The Bertz CT molecular complexity index is 439. The molecule has 0 aliphatic heterocycles. The lowest BCUT2D eigenvalue weighted by Gasteiger charge is -2.06. The number of rotatable bonds is 9. The number of nitrogens with one attached hydrogen (secondary N) is 2. The summed E-state index contributed by atoms with van der Waals surface area (Å²) in [7, 11) is -3.11. The van der Waals surface area contributed by atoms with E-state index in [1.807, 2.05) is 17.5 Å². The zero-order valence-electron chi connectivity index (χ0n) is 10.4. The third kappa shape index (κ3) is 5.48. The molecule has 0 spiro atoms. The van der Waals surface area contributed by atoms with Crippen LogP contribution in [0.25, 0.3) is 0 Å². The molecule has 2 rings (SSSR count). The Balaban J connectivity index is 1.57. The Morgan fingerprint density at radius 3 is 2.83 bits per heavy atom. The monoisotopic (exact) mass is 288 g/mol. The van der Waals surface area contributed by atoms with Crippen LogP contribution in [0.5, 0.6) is 0 Å². The van der Waals surface area contributed by atoms with Crippen molar-refractivity contribution in [1.29, 1.82) is 0 Å². The molecule has 18 heavy (non-hydrogen) atoms. The van der Waals surface area contributed by atoms with Gasteiger partial charge >= 0.3 is 0 Å². The van der Waals surface area contributed by atoms with Crippen molar-refractivity contribution in [2.24, 2.45) is 0 Å². The predicted octanol–water partition coefficient (Wildman–Crippen LogP) is 1.70. The van der Waals surface area contributed by atoms with Gasteiger partial charge in [0.2, 0.25) is 10.0 Å². The summed E-state index contributed by atoms with van der Waals surface area (Å²) in [6, 6.07) is 4.57. The van der Waals surface area contributed by atoms with E-state index in [2.05, 4.69) is 10.0 Å². The Kier molecular flexibility index (Phi) is 5.17. The molecule has 6 heteroatoms. The van der Waals surface area contributed by atoms with Crippen LogP contribution < -0.4 is 10.0 Å². The van der Waals surface area contributed by atoms with Gasteiger partial charge in [0.25, 0.3) is 0 Å². The standard InChI is InChI=1S/C12H20N2O2S2/c15-18(16,14-10-12-4-3-8-17-12)9-2-1-7-13-11-5-6-11/h3-4,8,11,13-14H,1-2,5-7,9-10H2. The van der Waals surface area contributed by atoms with E-state index in [1.165, 1.54) is 12.8 Å². The van der Waals surface area contributed by atoms with E-state index in [4.69, 9.17) is 0 Å². The summed E-state index contributed by atoms with van der Waals surface area (Å²) in [5.74, 6) is 0.227. The Morgan fingerprint density at radius 2 is 2.17 bits per heavy atom. The van der Waals surface area contributed by atoms with Gasteiger partial charge in [0.05, 0.1) is 5.75 Å². The van der Waals surface area contributed by atoms with Crippen LogP contribution in [0, 0.1) is 0 Å². The molecule has 1 fully saturated rings. The van der Waals surface area contributed by atoms with Crippen LogP contribution in [0.4, 0.5) is 0 Å². The molecular weight excluding hydrogens is 268 g/mol. The van der Waals surface area contributed by atoms with Gasteiger partial charge in [-0.3, -0.25) is 0 Å². The highest BCUT2D eigenvalue weighted by Gasteiger charge is 2.19. The average Bonchev–Trinajstić information content (AvgIpc) is 3.00. The molecule has 102 valence electrons. The lowest BCUT2D eigenvalue weighted by molar-refractivity contribution is 0.573. The summed E-state index contributed by atoms with van der Waals surface area (Å²) >= 11 is 1.57. The molecule has 0 amide bonds. The summed E-state index contributed by atoms with van der Waals surface area (Å²) in [5, 5.41) is 5.34. The molecule has 0 aromatic carbocycles. The number of hydrogen-bond donors (Lipinski definition) is 2. The first-order chi connectivity index (χ1) is 8.66. The normalized spacial score (nSPS) is 16.0. The fourth-order valence-electron chi connectivity index (χ4n) is 1.68. The SMILES string of the molecule is O=S(=O)(CCCCNC1CC1)NCc1cccs1. The van der Waals surface area contributed by atoms with E-state index < -0.39 is 10.0 Å². The highest BCUT2D eigenvalue weighted by atomic mass is 32.2. The number of thiophene rings is 1. The van der Waals surface area contributed by atoms with Gasteiger partial charge in [-0.1, -0.05) is 6.07 Å². The Morgan fingerprint density at radius 1 is 1.33 bits per heavy atom. The summed E-state index contributed by atoms with van der Waals surface area (Å²) in [6.07, 6.45) is 4.21. The number of sulfonamides is 1. The van der Waals surface area contributed by atoms with Crippen LogP contribution >= 0.6 is 11.3 Å². The minimum atomic E-state index is -3.11. The second-order valence-electron chi connectivity index (χ2n) is 4.65. The molecule has 0 atom stereocenters. The second kappa shape index (κ2) is 6.65. The van der Waals surface area contributed by atoms with Crippen molar-refractivity contribution in [3.05, 3.63) is 22.4 Å². The van der Waals surface area contributed by atoms with Gasteiger partial charge in [-0.05, 0) is 43.7 Å². The average molecular weight is 288 g/mol. The lowest BCUT2D eigenvalue weighted by atomic mass is 10.3. The van der Waals surface area contributed by atoms with Gasteiger partial charge in [-0.15, -0.1) is 11.3 Å². The van der Waals surface area contributed by atoms with E-state index in [0.717, 1.165) is 24.3 Å². The van der Waals surface area contributed by atoms with E-state index >= 15 is 0 Å². The zero-order chi connectivity index (χ0) is 12.8. The smallest absolute Gasteiger partial charge is 0.211 e. The van der Waals surface area contributed by atoms with Crippen LogP contribution in [0.1, 0.15) is 30.6 Å². The van der Waals surface area contributed by atoms with E-state index in [9.17, 15) is 8.42 Å². The van der Waals surface area contributed by atoms with E-state index in [0.29, 0.717) is 12.6 Å². The minimum Gasteiger partial charge on any atom is -0.314 e. The Hall–Kier alpha value is -0.430. The highest BCUT2D eigenvalue weighted by molar-refractivity contribution is 7.89. The largest absolute Gasteiger partial charge is 0.314 e. The number of hydrogen-bond acceptors (Lipinski definition) is 4. The maximum absolute atomic E-state index is 11.7. The van der Waals surface area contributed by atoms with Crippen molar-refractivity contribution >= 4 is 21.4 Å². The zero-order valence-corrected chi connectivity index (χ0v) is 12.0. The van der Waals surface area contributed by atoms with Gasteiger partial charge in [0.1, 0.15) is 0 Å². The molecule has 1 heterocycles. The number of unbranched alkanes of at least 4 members (excludes halogenated alkanes) is 1. The van der Waals surface area contributed by atoms with Gasteiger partial charge in [0, 0.05) is 17.5 Å². The summed E-state index contributed by atoms with van der Waals surface area (Å²) in [4.78, 5) is 1.05. The first kappa shape index (κ1) is 14.0. The molecule has 0 bridgehead atoms. The van der Waals surface area contributed by atoms with Crippen LogP contribution in [0.15, 0.2) is 17.5 Å². The maximum Gasteiger partial charge on any atom is 0.211 e. The van der Waals surface area contributed by atoms with Crippen molar-refractivity contribution in [3.8, 4) is 0 Å². The Labute approximate surface area is 113 Å². The van der Waals surface area contributed by atoms with Crippen LogP contribution in [0.2, 0.25) is 0 Å². The molecular formula is C12H20N2O2S2. The van der Waals surface area contributed by atoms with Crippen molar-refractivity contribution in [3.63, 3.8) is 0 Å². The fourth-order valence-corrected chi connectivity index (χ4v) is 3.52. The molecule has 1 aliphatic carbocycles. The quantitative estimate of drug-likeness (QED) is 0.680.